The van der Waals surface area contributed by atoms with Crippen LogP contribution in [0.15, 0.2) is 60.0 Å². The van der Waals surface area contributed by atoms with E-state index < -0.39 is 7.60 Å². The van der Waals surface area contributed by atoms with E-state index in [1.807, 2.05) is 9.95 Å². The fourth-order valence-electron chi connectivity index (χ4n) is 3.19. The van der Waals surface area contributed by atoms with E-state index in [1.54, 1.807) is 42.5 Å². The number of amides is 1. The zero-order chi connectivity index (χ0) is 22.0. The quantitative estimate of drug-likeness (QED) is 0.385. The summed E-state index contributed by atoms with van der Waals surface area (Å²) in [6.07, 6.45) is 0.550. The molecule has 0 unspecified atom stereocenters. The largest absolute Gasteiger partial charge is 0.356 e. The second-order valence-corrected chi connectivity index (χ2v) is 9.35. The van der Waals surface area contributed by atoms with Gasteiger partial charge in [-0.25, -0.2) is 4.98 Å². The van der Waals surface area contributed by atoms with Crippen molar-refractivity contribution in [2.24, 2.45) is 0 Å². The molecule has 0 fully saturated rings. The highest BCUT2D eigenvalue weighted by molar-refractivity contribution is 7.60. The molecule has 156 valence electrons. The third-order valence-electron chi connectivity index (χ3n) is 4.74. The van der Waals surface area contributed by atoms with Crippen molar-refractivity contribution in [3.63, 3.8) is 0 Å². The number of aryl methyl sites for hydroxylation is 2. The third kappa shape index (κ3) is 4.58. The molecule has 0 radical (unpaired) electrons. The van der Waals surface area contributed by atoms with Gasteiger partial charge in [0.15, 0.2) is 0 Å². The molecular formula is C21H17N4O4PS. The molecule has 10 heteroatoms. The molecule has 2 aromatic heterocycles. The number of nitrogens with zero attached hydrogens (tertiary/aromatic N) is 3. The van der Waals surface area contributed by atoms with E-state index in [0.29, 0.717) is 34.9 Å². The fourth-order valence-corrected chi connectivity index (χ4v) is 4.35. The van der Waals surface area contributed by atoms with Gasteiger partial charge in [0, 0.05) is 6.54 Å². The zero-order valence-corrected chi connectivity index (χ0v) is 17.8. The smallest absolute Gasteiger partial charge is 0.321 e. The molecule has 8 nitrogen and oxygen atoms in total. The SMILES string of the molecule is N#Cc1ccc2c(c1)nc(NC(=O)c1cccs1)n2CCc1ccc(P(=O)(O)O)cc1. The van der Waals surface area contributed by atoms with Crippen LogP contribution in [-0.2, 0) is 17.5 Å². The Bertz CT molecular complexity index is 1330. The van der Waals surface area contributed by atoms with Crippen molar-refractivity contribution in [3.8, 4) is 6.07 Å². The molecule has 0 aliphatic heterocycles. The van der Waals surface area contributed by atoms with E-state index in [4.69, 9.17) is 5.26 Å². The number of carbonyl (C=O) groups is 1. The van der Waals surface area contributed by atoms with Gasteiger partial charge in [-0.15, -0.1) is 11.3 Å². The lowest BCUT2D eigenvalue weighted by Gasteiger charge is -2.11. The van der Waals surface area contributed by atoms with Crippen molar-refractivity contribution < 1.29 is 19.1 Å². The number of thiophene rings is 1. The second-order valence-electron chi connectivity index (χ2n) is 6.79. The van der Waals surface area contributed by atoms with Crippen LogP contribution in [-0.4, -0.2) is 25.2 Å². The third-order valence-corrected chi connectivity index (χ3v) is 6.58. The van der Waals surface area contributed by atoms with Gasteiger partial charge in [-0.05, 0) is 53.8 Å². The van der Waals surface area contributed by atoms with Crippen LogP contribution in [0, 0.1) is 11.3 Å². The summed E-state index contributed by atoms with van der Waals surface area (Å²) in [7, 11) is -4.28. The minimum absolute atomic E-state index is 0.0303. The van der Waals surface area contributed by atoms with Gasteiger partial charge in [0.2, 0.25) is 5.95 Å². The van der Waals surface area contributed by atoms with E-state index in [0.717, 1.165) is 11.1 Å². The molecule has 0 saturated heterocycles. The molecule has 1 amide bonds. The molecule has 0 bridgehead atoms. The van der Waals surface area contributed by atoms with Gasteiger partial charge in [0.1, 0.15) is 0 Å². The normalized spacial score (nSPS) is 11.4. The lowest BCUT2D eigenvalue weighted by Crippen LogP contribution is -2.15. The molecule has 2 heterocycles. The number of anilines is 1. The molecule has 0 saturated carbocycles. The summed E-state index contributed by atoms with van der Waals surface area (Å²) in [6.45, 7) is 0.470. The highest BCUT2D eigenvalue weighted by atomic mass is 32.1. The van der Waals surface area contributed by atoms with Crippen LogP contribution in [0.25, 0.3) is 11.0 Å². The Morgan fingerprint density at radius 3 is 2.61 bits per heavy atom. The Labute approximate surface area is 181 Å². The first-order valence-corrected chi connectivity index (χ1v) is 11.7. The van der Waals surface area contributed by atoms with Crippen LogP contribution in [0.2, 0.25) is 0 Å². The van der Waals surface area contributed by atoms with Crippen molar-refractivity contribution in [3.05, 3.63) is 76.0 Å². The predicted octanol–water partition coefficient (Wildman–Crippen LogP) is 3.27. The van der Waals surface area contributed by atoms with Crippen LogP contribution >= 0.6 is 18.9 Å². The van der Waals surface area contributed by atoms with Crippen molar-refractivity contribution >= 4 is 47.1 Å². The van der Waals surface area contributed by atoms with Gasteiger partial charge in [-0.2, -0.15) is 5.26 Å². The number of nitriles is 1. The average Bonchev–Trinajstić information content (AvgIpc) is 3.39. The van der Waals surface area contributed by atoms with Gasteiger partial charge in [0.25, 0.3) is 5.91 Å². The number of nitrogens with one attached hydrogen (secondary N) is 1. The fraction of sp³-hybridized carbons (Fsp3) is 0.0952. The number of hydrogen-bond donors (Lipinski definition) is 3. The summed E-state index contributed by atoms with van der Waals surface area (Å²) >= 11 is 1.33. The van der Waals surface area contributed by atoms with Gasteiger partial charge < -0.3 is 14.4 Å². The summed E-state index contributed by atoms with van der Waals surface area (Å²) < 4.78 is 13.2. The van der Waals surface area contributed by atoms with E-state index in [1.165, 1.54) is 23.5 Å². The molecular weight excluding hydrogens is 435 g/mol. The lowest BCUT2D eigenvalue weighted by molar-refractivity contribution is 0.102. The maximum Gasteiger partial charge on any atom is 0.356 e. The minimum Gasteiger partial charge on any atom is -0.321 e. The van der Waals surface area contributed by atoms with Crippen molar-refractivity contribution in [1.29, 1.82) is 5.26 Å². The molecule has 31 heavy (non-hydrogen) atoms. The number of imidazole rings is 1. The molecule has 4 aromatic rings. The zero-order valence-electron chi connectivity index (χ0n) is 16.1. The molecule has 0 aliphatic carbocycles. The molecule has 4 rings (SSSR count). The minimum atomic E-state index is -4.28. The molecule has 0 spiro atoms. The Morgan fingerprint density at radius 1 is 1.19 bits per heavy atom. The van der Waals surface area contributed by atoms with Crippen LogP contribution in [0.1, 0.15) is 20.8 Å². The van der Waals surface area contributed by atoms with Crippen molar-refractivity contribution in [2.75, 3.05) is 5.32 Å². The Hall–Kier alpha value is -3.28. The maximum atomic E-state index is 12.6. The van der Waals surface area contributed by atoms with Crippen molar-refractivity contribution in [2.45, 2.75) is 13.0 Å². The number of hydrogen-bond acceptors (Lipinski definition) is 5. The highest BCUT2D eigenvalue weighted by Gasteiger charge is 2.17. The van der Waals surface area contributed by atoms with Crippen LogP contribution < -0.4 is 10.6 Å². The summed E-state index contributed by atoms with van der Waals surface area (Å²) in [5.74, 6) is 0.105. The van der Waals surface area contributed by atoms with E-state index in [2.05, 4.69) is 16.4 Å². The summed E-state index contributed by atoms with van der Waals surface area (Å²) in [5, 5.41) is 13.8. The number of benzene rings is 2. The lowest BCUT2D eigenvalue weighted by atomic mass is 10.1. The first kappa shape index (κ1) is 21.0. The van der Waals surface area contributed by atoms with Crippen LogP contribution in [0.4, 0.5) is 5.95 Å². The van der Waals surface area contributed by atoms with Gasteiger partial charge in [-0.3, -0.25) is 14.7 Å². The number of fused-ring (bicyclic) bond motifs is 1. The van der Waals surface area contributed by atoms with E-state index in [-0.39, 0.29) is 11.2 Å². The number of aromatic nitrogens is 2. The monoisotopic (exact) mass is 452 g/mol. The van der Waals surface area contributed by atoms with E-state index in [9.17, 15) is 19.1 Å². The molecule has 2 aromatic carbocycles. The topological polar surface area (TPSA) is 128 Å². The summed E-state index contributed by atoms with van der Waals surface area (Å²) in [5.41, 5.74) is 2.72. The van der Waals surface area contributed by atoms with Crippen molar-refractivity contribution in [1.82, 2.24) is 9.55 Å². The summed E-state index contributed by atoms with van der Waals surface area (Å²) in [4.78, 5) is 36.1. The molecule has 0 aliphatic rings. The first-order chi connectivity index (χ1) is 14.8. The van der Waals surface area contributed by atoms with E-state index >= 15 is 0 Å². The Balaban J connectivity index is 1.63. The standard InChI is InChI=1S/C21H17N4O4PS/c22-13-15-5-8-18-17(12-15)23-21(24-20(26)19-2-1-11-31-19)25(18)10-9-14-3-6-16(7-4-14)30(27,28)29/h1-8,11-12H,9-10H2,(H,23,24,26)(H2,27,28,29). The Morgan fingerprint density at radius 2 is 1.97 bits per heavy atom. The summed E-state index contributed by atoms with van der Waals surface area (Å²) in [6, 6.07) is 16.9. The van der Waals surface area contributed by atoms with Gasteiger partial charge in [0.05, 0.1) is 32.8 Å². The average molecular weight is 452 g/mol. The van der Waals surface area contributed by atoms with Crippen LogP contribution in [0.5, 0.6) is 0 Å². The first-order valence-electron chi connectivity index (χ1n) is 9.25. The maximum absolute atomic E-state index is 12.6. The van der Waals surface area contributed by atoms with Gasteiger partial charge >= 0.3 is 7.60 Å². The Kier molecular flexibility index (Phi) is 5.72. The van der Waals surface area contributed by atoms with Crippen LogP contribution in [0.3, 0.4) is 0 Å². The molecule has 3 N–H and O–H groups in total. The highest BCUT2D eigenvalue weighted by Crippen LogP contribution is 2.33. The molecule has 0 atom stereocenters. The predicted molar refractivity (Wildman–Crippen MR) is 119 cm³/mol. The van der Waals surface area contributed by atoms with Gasteiger partial charge in [-0.1, -0.05) is 18.2 Å². The second kappa shape index (κ2) is 8.46. The number of rotatable bonds is 6. The number of carbonyl (C=O) groups excluding carboxylic acids is 1.